The Kier molecular flexibility index (Phi) is 3.70. The molecule has 3 rings (SSSR count). The Balaban J connectivity index is 2.04. The van der Waals surface area contributed by atoms with Crippen LogP contribution in [0.1, 0.15) is 5.69 Å². The van der Waals surface area contributed by atoms with Gasteiger partial charge in [0, 0.05) is 12.7 Å². The van der Waals surface area contributed by atoms with E-state index in [1.807, 2.05) is 44.4 Å². The van der Waals surface area contributed by atoms with Crippen molar-refractivity contribution >= 4 is 33.2 Å². The molecule has 0 radical (unpaired) electrons. The molecule has 0 bridgehead atoms. The summed E-state index contributed by atoms with van der Waals surface area (Å²) in [5, 5.41) is 0.746. The van der Waals surface area contributed by atoms with Crippen molar-refractivity contribution in [3.05, 3.63) is 47.2 Å². The summed E-state index contributed by atoms with van der Waals surface area (Å²) < 4.78 is 1.02. The highest BCUT2D eigenvalue weighted by molar-refractivity contribution is 7.22. The van der Waals surface area contributed by atoms with Crippen LogP contribution in [-0.2, 0) is 6.54 Å². The second-order valence-corrected chi connectivity index (χ2v) is 6.33. The molecule has 3 nitrogen and oxygen atoms in total. The lowest BCUT2D eigenvalue weighted by Crippen LogP contribution is -2.11. The molecule has 5 heteroatoms. The summed E-state index contributed by atoms with van der Waals surface area (Å²) in [5.74, 6) is 0. The molecule has 20 heavy (non-hydrogen) atoms. The van der Waals surface area contributed by atoms with Gasteiger partial charge < -0.3 is 4.90 Å². The van der Waals surface area contributed by atoms with Crippen molar-refractivity contribution in [1.82, 2.24) is 14.9 Å². The first-order valence-electron chi connectivity index (χ1n) is 6.28. The normalized spacial score (nSPS) is 11.4. The van der Waals surface area contributed by atoms with E-state index in [2.05, 4.69) is 9.88 Å². The number of hydrogen-bond acceptors (Lipinski definition) is 4. The fraction of sp³-hybridized carbons (Fsp3) is 0.200. The molecule has 0 aliphatic heterocycles. The van der Waals surface area contributed by atoms with Gasteiger partial charge in [0.25, 0.3) is 0 Å². The van der Waals surface area contributed by atoms with Gasteiger partial charge in [-0.15, -0.1) is 11.3 Å². The van der Waals surface area contributed by atoms with Crippen LogP contribution in [0.5, 0.6) is 0 Å². The zero-order valence-corrected chi connectivity index (χ0v) is 12.9. The van der Waals surface area contributed by atoms with E-state index in [1.165, 1.54) is 0 Å². The van der Waals surface area contributed by atoms with Crippen molar-refractivity contribution < 1.29 is 0 Å². The molecule has 0 saturated heterocycles. The number of pyridine rings is 2. The summed E-state index contributed by atoms with van der Waals surface area (Å²) in [5.41, 5.74) is 2.96. The summed E-state index contributed by atoms with van der Waals surface area (Å²) in [4.78, 5) is 12.3. The Hall–Kier alpha value is -1.49. The van der Waals surface area contributed by atoms with Crippen LogP contribution >= 0.6 is 22.9 Å². The van der Waals surface area contributed by atoms with Crippen LogP contribution in [0.25, 0.3) is 20.8 Å². The van der Waals surface area contributed by atoms with Crippen LogP contribution in [0.2, 0.25) is 5.02 Å². The molecule has 0 fully saturated rings. The molecule has 102 valence electrons. The number of rotatable bonds is 3. The third-order valence-corrected chi connectivity index (χ3v) is 4.51. The van der Waals surface area contributed by atoms with E-state index in [4.69, 9.17) is 16.6 Å². The summed E-state index contributed by atoms with van der Waals surface area (Å²) in [7, 11) is 4.08. The van der Waals surface area contributed by atoms with E-state index in [0.29, 0.717) is 0 Å². The quantitative estimate of drug-likeness (QED) is 0.730. The summed E-state index contributed by atoms with van der Waals surface area (Å²) >= 11 is 7.84. The van der Waals surface area contributed by atoms with Crippen molar-refractivity contribution in [2.24, 2.45) is 0 Å². The first-order chi connectivity index (χ1) is 9.63. The minimum Gasteiger partial charge on any atom is -0.304 e. The number of thiophene rings is 1. The molecule has 0 aliphatic rings. The molecule has 3 aromatic rings. The number of aromatic nitrogens is 2. The zero-order valence-electron chi connectivity index (χ0n) is 11.3. The summed E-state index contributed by atoms with van der Waals surface area (Å²) in [6.07, 6.45) is 1.73. The minimum atomic E-state index is 0.746. The third-order valence-electron chi connectivity index (χ3n) is 2.90. The fourth-order valence-corrected chi connectivity index (χ4v) is 3.32. The first kappa shape index (κ1) is 13.5. The smallest absolute Gasteiger partial charge is 0.0831 e. The number of halogens is 1. The molecule has 0 spiro atoms. The fourth-order valence-electron chi connectivity index (χ4n) is 2.06. The van der Waals surface area contributed by atoms with Crippen LogP contribution in [0.4, 0.5) is 0 Å². The lowest BCUT2D eigenvalue weighted by molar-refractivity contribution is 0.397. The Bertz CT molecular complexity index is 752. The first-order valence-corrected chi connectivity index (χ1v) is 7.48. The van der Waals surface area contributed by atoms with Gasteiger partial charge in [-0.1, -0.05) is 17.7 Å². The van der Waals surface area contributed by atoms with E-state index in [-0.39, 0.29) is 0 Å². The lowest BCUT2D eigenvalue weighted by Gasteiger charge is -2.09. The maximum atomic E-state index is 6.20. The van der Waals surface area contributed by atoms with Crippen LogP contribution in [0.3, 0.4) is 0 Å². The van der Waals surface area contributed by atoms with Crippen molar-refractivity contribution in [2.75, 3.05) is 14.1 Å². The van der Waals surface area contributed by atoms with Gasteiger partial charge in [0.2, 0.25) is 0 Å². The monoisotopic (exact) mass is 303 g/mol. The van der Waals surface area contributed by atoms with Gasteiger partial charge in [-0.2, -0.15) is 0 Å². The van der Waals surface area contributed by atoms with Crippen molar-refractivity contribution in [1.29, 1.82) is 0 Å². The number of fused-ring (bicyclic) bond motifs is 1. The predicted octanol–water partition coefficient (Wildman–Crippen LogP) is 4.07. The van der Waals surface area contributed by atoms with E-state index < -0.39 is 0 Å². The van der Waals surface area contributed by atoms with Crippen molar-refractivity contribution in [3.8, 4) is 10.6 Å². The average Bonchev–Trinajstić information content (AvgIpc) is 2.84. The molecule has 0 N–H and O–H groups in total. The van der Waals surface area contributed by atoms with Crippen molar-refractivity contribution in [3.63, 3.8) is 0 Å². The molecule has 0 unspecified atom stereocenters. The minimum absolute atomic E-state index is 0.746. The second-order valence-electron chi connectivity index (χ2n) is 4.87. The van der Waals surface area contributed by atoms with Gasteiger partial charge in [0.1, 0.15) is 0 Å². The van der Waals surface area contributed by atoms with Crippen LogP contribution < -0.4 is 0 Å². The molecule has 0 aliphatic carbocycles. The van der Waals surface area contributed by atoms with Crippen LogP contribution in [0, 0.1) is 0 Å². The largest absolute Gasteiger partial charge is 0.304 e. The van der Waals surface area contributed by atoms with E-state index in [1.54, 1.807) is 17.5 Å². The Morgan fingerprint density at radius 3 is 2.85 bits per heavy atom. The van der Waals surface area contributed by atoms with Crippen LogP contribution in [-0.4, -0.2) is 29.0 Å². The maximum Gasteiger partial charge on any atom is 0.0831 e. The summed E-state index contributed by atoms with van der Waals surface area (Å²) in [6, 6.07) is 9.98. The molecule has 3 aromatic heterocycles. The van der Waals surface area contributed by atoms with Gasteiger partial charge >= 0.3 is 0 Å². The number of hydrogen-bond donors (Lipinski definition) is 0. The van der Waals surface area contributed by atoms with Gasteiger partial charge in [0.15, 0.2) is 0 Å². The SMILES string of the molecule is CN(C)Cc1cccc(-c2cc3nccc(Cl)c3s2)n1. The lowest BCUT2D eigenvalue weighted by atomic mass is 10.2. The second kappa shape index (κ2) is 5.48. The Labute approximate surface area is 126 Å². The maximum absolute atomic E-state index is 6.20. The third kappa shape index (κ3) is 2.68. The van der Waals surface area contributed by atoms with Crippen LogP contribution in [0.15, 0.2) is 36.5 Å². The summed E-state index contributed by atoms with van der Waals surface area (Å²) in [6.45, 7) is 0.831. The van der Waals surface area contributed by atoms with E-state index in [9.17, 15) is 0 Å². The van der Waals surface area contributed by atoms with Gasteiger partial charge in [-0.3, -0.25) is 9.97 Å². The van der Waals surface area contributed by atoms with Gasteiger partial charge in [-0.25, -0.2) is 0 Å². The number of nitrogens with zero attached hydrogens (tertiary/aromatic N) is 3. The Morgan fingerprint density at radius 1 is 1.25 bits per heavy atom. The van der Waals surface area contributed by atoms with Gasteiger partial charge in [-0.05, 0) is 38.4 Å². The van der Waals surface area contributed by atoms with E-state index >= 15 is 0 Å². The molecule has 3 heterocycles. The highest BCUT2D eigenvalue weighted by Crippen LogP contribution is 2.35. The standard InChI is InChI=1S/C15H14ClN3S/c1-19(2)9-10-4-3-5-12(18-10)14-8-13-15(20-14)11(16)6-7-17-13/h3-8H,9H2,1-2H3. The molecular weight excluding hydrogens is 290 g/mol. The molecule has 0 saturated carbocycles. The molecule has 0 atom stereocenters. The predicted molar refractivity (Wildman–Crippen MR) is 85.3 cm³/mol. The highest BCUT2D eigenvalue weighted by atomic mass is 35.5. The average molecular weight is 304 g/mol. The van der Waals surface area contributed by atoms with Crippen molar-refractivity contribution in [2.45, 2.75) is 6.54 Å². The van der Waals surface area contributed by atoms with E-state index in [0.717, 1.165) is 38.0 Å². The molecule has 0 amide bonds. The molecule has 0 aromatic carbocycles. The zero-order chi connectivity index (χ0) is 14.1. The topological polar surface area (TPSA) is 29.0 Å². The Morgan fingerprint density at radius 2 is 2.10 bits per heavy atom. The van der Waals surface area contributed by atoms with Gasteiger partial charge in [0.05, 0.1) is 31.5 Å². The highest BCUT2D eigenvalue weighted by Gasteiger charge is 2.09. The molecular formula is C15H14ClN3S.